The standard InChI is InChI=1S/C10H13ClN2.2ClH/c11-8-2-1-3-10(6-8)13-5-4-9(12)7-13;;/h1-3,6,9H,4-5,7,12H2;2*1H. The van der Waals surface area contributed by atoms with Gasteiger partial charge in [0, 0.05) is 29.8 Å². The van der Waals surface area contributed by atoms with Crippen molar-refractivity contribution in [2.45, 2.75) is 12.5 Å². The molecule has 0 bridgehead atoms. The van der Waals surface area contributed by atoms with Crippen molar-refractivity contribution < 1.29 is 0 Å². The summed E-state index contributed by atoms with van der Waals surface area (Å²) in [5.41, 5.74) is 7.01. The van der Waals surface area contributed by atoms with Gasteiger partial charge in [0.2, 0.25) is 0 Å². The number of halogens is 3. The number of anilines is 1. The van der Waals surface area contributed by atoms with Gasteiger partial charge in [0.15, 0.2) is 0 Å². The number of hydrogen-bond acceptors (Lipinski definition) is 2. The Morgan fingerprint density at radius 3 is 2.60 bits per heavy atom. The molecule has 2 nitrogen and oxygen atoms in total. The smallest absolute Gasteiger partial charge is 0.0426 e. The first-order valence-corrected chi connectivity index (χ1v) is 4.89. The van der Waals surface area contributed by atoms with Crippen LogP contribution >= 0.6 is 36.4 Å². The maximum Gasteiger partial charge on any atom is 0.0426 e. The molecular formula is C10H15Cl3N2. The molecule has 1 aliphatic heterocycles. The van der Waals surface area contributed by atoms with E-state index in [-0.39, 0.29) is 24.8 Å². The number of rotatable bonds is 1. The van der Waals surface area contributed by atoms with E-state index in [2.05, 4.69) is 11.0 Å². The first kappa shape index (κ1) is 14.8. The zero-order valence-electron chi connectivity index (χ0n) is 8.23. The highest BCUT2D eigenvalue weighted by Gasteiger charge is 2.18. The monoisotopic (exact) mass is 268 g/mol. The lowest BCUT2D eigenvalue weighted by molar-refractivity contribution is 0.752. The largest absolute Gasteiger partial charge is 0.370 e. The van der Waals surface area contributed by atoms with E-state index in [9.17, 15) is 0 Å². The Labute approximate surface area is 108 Å². The van der Waals surface area contributed by atoms with Crippen LogP contribution in [0.15, 0.2) is 24.3 Å². The van der Waals surface area contributed by atoms with E-state index < -0.39 is 0 Å². The molecule has 0 amide bonds. The van der Waals surface area contributed by atoms with Crippen molar-refractivity contribution in [1.82, 2.24) is 0 Å². The van der Waals surface area contributed by atoms with Gasteiger partial charge in [-0.1, -0.05) is 17.7 Å². The molecule has 0 radical (unpaired) electrons. The van der Waals surface area contributed by atoms with Crippen molar-refractivity contribution in [3.63, 3.8) is 0 Å². The Hall–Kier alpha value is -0.150. The molecule has 0 aromatic heterocycles. The van der Waals surface area contributed by atoms with Gasteiger partial charge < -0.3 is 10.6 Å². The zero-order chi connectivity index (χ0) is 9.26. The van der Waals surface area contributed by atoms with Gasteiger partial charge >= 0.3 is 0 Å². The summed E-state index contributed by atoms with van der Waals surface area (Å²) in [6.07, 6.45) is 1.08. The van der Waals surface area contributed by atoms with Gasteiger partial charge in [0.05, 0.1) is 0 Å². The SMILES string of the molecule is Cl.Cl.NC1CCN(c2cccc(Cl)c2)C1. The van der Waals surface area contributed by atoms with Crippen LogP contribution in [0.2, 0.25) is 5.02 Å². The van der Waals surface area contributed by atoms with Gasteiger partial charge in [0.25, 0.3) is 0 Å². The third-order valence-corrected chi connectivity index (χ3v) is 2.63. The zero-order valence-corrected chi connectivity index (χ0v) is 10.6. The molecular weight excluding hydrogens is 254 g/mol. The minimum atomic E-state index is 0. The number of nitrogens with two attached hydrogens (primary N) is 1. The van der Waals surface area contributed by atoms with Crippen LogP contribution in [-0.4, -0.2) is 19.1 Å². The molecule has 2 rings (SSSR count). The van der Waals surface area contributed by atoms with E-state index in [1.165, 1.54) is 5.69 Å². The average molecular weight is 270 g/mol. The van der Waals surface area contributed by atoms with Gasteiger partial charge in [0.1, 0.15) is 0 Å². The topological polar surface area (TPSA) is 29.3 Å². The normalized spacial score (nSPS) is 19.3. The summed E-state index contributed by atoms with van der Waals surface area (Å²) in [5, 5.41) is 0.790. The third kappa shape index (κ3) is 3.72. The third-order valence-electron chi connectivity index (χ3n) is 2.40. The summed E-state index contributed by atoms with van der Waals surface area (Å²) in [6.45, 7) is 1.99. The summed E-state index contributed by atoms with van der Waals surface area (Å²) in [5.74, 6) is 0. The van der Waals surface area contributed by atoms with Crippen LogP contribution in [0.1, 0.15) is 6.42 Å². The van der Waals surface area contributed by atoms with Crippen LogP contribution < -0.4 is 10.6 Å². The first-order valence-electron chi connectivity index (χ1n) is 4.52. The average Bonchev–Trinajstić information content (AvgIpc) is 2.52. The Kier molecular flexibility index (Phi) is 6.37. The fourth-order valence-corrected chi connectivity index (χ4v) is 1.88. The molecule has 1 atom stereocenters. The fraction of sp³-hybridized carbons (Fsp3) is 0.400. The number of nitrogens with zero attached hydrogens (tertiary/aromatic N) is 1. The molecule has 5 heteroatoms. The maximum absolute atomic E-state index is 5.90. The molecule has 1 aromatic carbocycles. The molecule has 0 spiro atoms. The van der Waals surface area contributed by atoms with Gasteiger partial charge in [-0.05, 0) is 24.6 Å². The molecule has 2 N–H and O–H groups in total. The molecule has 1 unspecified atom stereocenters. The molecule has 1 fully saturated rings. The number of hydrogen-bond donors (Lipinski definition) is 1. The second-order valence-corrected chi connectivity index (χ2v) is 3.91. The van der Waals surface area contributed by atoms with Gasteiger partial charge in [-0.3, -0.25) is 0 Å². The van der Waals surface area contributed by atoms with E-state index >= 15 is 0 Å². The van der Waals surface area contributed by atoms with E-state index in [1.807, 2.05) is 18.2 Å². The Balaban J connectivity index is 0.000000980. The molecule has 1 aromatic rings. The van der Waals surface area contributed by atoms with E-state index in [0.29, 0.717) is 6.04 Å². The van der Waals surface area contributed by atoms with Gasteiger partial charge in [-0.25, -0.2) is 0 Å². The van der Waals surface area contributed by atoms with Crippen LogP contribution in [0.5, 0.6) is 0 Å². The van der Waals surface area contributed by atoms with E-state index in [1.54, 1.807) is 0 Å². The van der Waals surface area contributed by atoms with Crippen molar-refractivity contribution in [3.8, 4) is 0 Å². The van der Waals surface area contributed by atoms with Crippen molar-refractivity contribution in [3.05, 3.63) is 29.3 Å². The minimum Gasteiger partial charge on any atom is -0.370 e. The second-order valence-electron chi connectivity index (χ2n) is 3.47. The van der Waals surface area contributed by atoms with Crippen LogP contribution in [0.4, 0.5) is 5.69 Å². The van der Waals surface area contributed by atoms with Crippen LogP contribution in [0, 0.1) is 0 Å². The van der Waals surface area contributed by atoms with Crippen LogP contribution in [0.3, 0.4) is 0 Å². The Morgan fingerprint density at radius 1 is 1.33 bits per heavy atom. The molecule has 0 aliphatic carbocycles. The quantitative estimate of drug-likeness (QED) is 0.849. The van der Waals surface area contributed by atoms with Crippen molar-refractivity contribution >= 4 is 42.1 Å². The summed E-state index contributed by atoms with van der Waals surface area (Å²) in [4.78, 5) is 2.27. The molecule has 1 saturated heterocycles. The predicted octanol–water partition coefficient (Wildman–Crippen LogP) is 2.72. The highest BCUT2D eigenvalue weighted by Crippen LogP contribution is 2.22. The highest BCUT2D eigenvalue weighted by atomic mass is 35.5. The van der Waals surface area contributed by atoms with Crippen molar-refractivity contribution in [2.24, 2.45) is 5.73 Å². The maximum atomic E-state index is 5.90. The van der Waals surface area contributed by atoms with Crippen LogP contribution in [-0.2, 0) is 0 Å². The number of benzene rings is 1. The minimum absolute atomic E-state index is 0. The summed E-state index contributed by atoms with van der Waals surface area (Å²) in [7, 11) is 0. The Morgan fingerprint density at radius 2 is 2.07 bits per heavy atom. The molecule has 15 heavy (non-hydrogen) atoms. The second kappa shape index (κ2) is 6.44. The lowest BCUT2D eigenvalue weighted by Gasteiger charge is -2.17. The molecule has 1 heterocycles. The van der Waals surface area contributed by atoms with Crippen molar-refractivity contribution in [2.75, 3.05) is 18.0 Å². The lowest BCUT2D eigenvalue weighted by atomic mass is 10.3. The predicted molar refractivity (Wildman–Crippen MR) is 70.8 cm³/mol. The highest BCUT2D eigenvalue weighted by molar-refractivity contribution is 6.30. The molecule has 0 saturated carbocycles. The Bertz CT molecular complexity index is 306. The fourth-order valence-electron chi connectivity index (χ4n) is 1.69. The van der Waals surface area contributed by atoms with Crippen LogP contribution in [0.25, 0.3) is 0 Å². The first-order chi connectivity index (χ1) is 6.25. The van der Waals surface area contributed by atoms with Gasteiger partial charge in [-0.2, -0.15) is 0 Å². The van der Waals surface area contributed by atoms with Gasteiger partial charge in [-0.15, -0.1) is 24.8 Å². The summed E-state index contributed by atoms with van der Waals surface area (Å²) in [6, 6.07) is 8.24. The van der Waals surface area contributed by atoms with Crippen molar-refractivity contribution in [1.29, 1.82) is 0 Å². The molecule has 86 valence electrons. The van der Waals surface area contributed by atoms with E-state index in [4.69, 9.17) is 17.3 Å². The van der Waals surface area contributed by atoms with E-state index in [0.717, 1.165) is 24.5 Å². The molecule has 1 aliphatic rings. The summed E-state index contributed by atoms with van der Waals surface area (Å²) < 4.78 is 0. The summed E-state index contributed by atoms with van der Waals surface area (Å²) >= 11 is 5.90. The lowest BCUT2D eigenvalue weighted by Crippen LogP contribution is -2.26.